The summed E-state index contributed by atoms with van der Waals surface area (Å²) in [5.74, 6) is 0.355. The van der Waals surface area contributed by atoms with Gasteiger partial charge in [0.15, 0.2) is 0 Å². The van der Waals surface area contributed by atoms with E-state index in [1.807, 2.05) is 19.1 Å². The molecule has 0 aromatic heterocycles. The van der Waals surface area contributed by atoms with Crippen LogP contribution in [0.2, 0.25) is 0 Å². The number of methoxy groups -OCH3 is 1. The minimum Gasteiger partial charge on any atom is -0.497 e. The normalized spacial score (nSPS) is 20.2. The fourth-order valence-corrected chi connectivity index (χ4v) is 2.83. The third-order valence-electron chi connectivity index (χ3n) is 4.70. The molecule has 0 amide bonds. The summed E-state index contributed by atoms with van der Waals surface area (Å²) in [6, 6.07) is 5.08. The minimum absolute atomic E-state index is 0.00684. The largest absolute Gasteiger partial charge is 0.497 e. The number of nitrogens with one attached hydrogen (secondary N) is 1. The second-order valence-electron chi connectivity index (χ2n) is 6.60. The number of hydrogen-bond donors (Lipinski definition) is 1. The Morgan fingerprint density at radius 3 is 2.62 bits per heavy atom. The van der Waals surface area contributed by atoms with E-state index in [0.29, 0.717) is 16.7 Å². The van der Waals surface area contributed by atoms with Gasteiger partial charge >= 0.3 is 0 Å². The lowest BCUT2D eigenvalue weighted by atomic mass is 9.80. The highest BCUT2D eigenvalue weighted by molar-refractivity contribution is 5.30. The van der Waals surface area contributed by atoms with Gasteiger partial charge in [0, 0.05) is 24.2 Å². The maximum absolute atomic E-state index is 14.1. The number of hydrogen-bond acceptors (Lipinski definition) is 3. The van der Waals surface area contributed by atoms with Crippen molar-refractivity contribution in [3.63, 3.8) is 0 Å². The molecular formula is C17H27FN2O. The standard InChI is InChI=1S/C17H27FN2O/c1-13(15-6-5-14(21-4)11-16(15)18)19-12-17(2)7-9-20(3)10-8-17/h5-6,11,13,19H,7-10,12H2,1-4H3. The monoisotopic (exact) mass is 294 g/mol. The van der Waals surface area contributed by atoms with Crippen molar-refractivity contribution in [2.75, 3.05) is 33.8 Å². The van der Waals surface area contributed by atoms with Crippen LogP contribution >= 0.6 is 0 Å². The fraction of sp³-hybridized carbons (Fsp3) is 0.647. The topological polar surface area (TPSA) is 24.5 Å². The summed E-state index contributed by atoms with van der Waals surface area (Å²) in [5.41, 5.74) is 1.01. The Hall–Kier alpha value is -1.13. The van der Waals surface area contributed by atoms with Gasteiger partial charge in [-0.3, -0.25) is 0 Å². The Morgan fingerprint density at radius 2 is 2.05 bits per heavy atom. The smallest absolute Gasteiger partial charge is 0.131 e. The molecule has 21 heavy (non-hydrogen) atoms. The van der Waals surface area contributed by atoms with E-state index >= 15 is 0 Å². The van der Waals surface area contributed by atoms with Gasteiger partial charge in [-0.15, -0.1) is 0 Å². The highest BCUT2D eigenvalue weighted by Crippen LogP contribution is 2.30. The molecule has 1 atom stereocenters. The summed E-state index contributed by atoms with van der Waals surface area (Å²) in [6.07, 6.45) is 2.38. The van der Waals surface area contributed by atoms with E-state index in [0.717, 1.165) is 19.6 Å². The lowest BCUT2D eigenvalue weighted by Crippen LogP contribution is -2.42. The maximum atomic E-state index is 14.1. The Kier molecular flexibility index (Phi) is 5.22. The van der Waals surface area contributed by atoms with Crippen molar-refractivity contribution in [2.24, 2.45) is 5.41 Å². The molecule has 2 rings (SSSR count). The number of benzene rings is 1. The zero-order chi connectivity index (χ0) is 15.5. The van der Waals surface area contributed by atoms with Gasteiger partial charge in [0.2, 0.25) is 0 Å². The summed E-state index contributed by atoms with van der Waals surface area (Å²) < 4.78 is 19.1. The van der Waals surface area contributed by atoms with Gasteiger partial charge in [-0.05, 0) is 51.4 Å². The van der Waals surface area contributed by atoms with Crippen molar-refractivity contribution in [1.29, 1.82) is 0 Å². The minimum atomic E-state index is -0.206. The Balaban J connectivity index is 1.94. The molecule has 1 N–H and O–H groups in total. The quantitative estimate of drug-likeness (QED) is 0.902. The van der Waals surface area contributed by atoms with Crippen LogP contribution in [-0.2, 0) is 0 Å². The molecule has 1 saturated heterocycles. The van der Waals surface area contributed by atoms with Crippen LogP contribution in [0.4, 0.5) is 4.39 Å². The van der Waals surface area contributed by atoms with Gasteiger partial charge in [0.05, 0.1) is 7.11 Å². The zero-order valence-corrected chi connectivity index (χ0v) is 13.6. The Labute approximate surface area is 127 Å². The number of ether oxygens (including phenoxy) is 1. The molecule has 1 aromatic rings. The van der Waals surface area contributed by atoms with Crippen molar-refractivity contribution in [2.45, 2.75) is 32.7 Å². The predicted octanol–water partition coefficient (Wildman–Crippen LogP) is 3.22. The summed E-state index contributed by atoms with van der Waals surface area (Å²) in [5, 5.41) is 3.50. The highest BCUT2D eigenvalue weighted by Gasteiger charge is 2.29. The zero-order valence-electron chi connectivity index (χ0n) is 13.6. The highest BCUT2D eigenvalue weighted by atomic mass is 19.1. The van der Waals surface area contributed by atoms with Gasteiger partial charge in [-0.1, -0.05) is 13.0 Å². The van der Waals surface area contributed by atoms with Crippen LogP contribution in [0.15, 0.2) is 18.2 Å². The summed E-state index contributed by atoms with van der Waals surface area (Å²) in [7, 11) is 3.72. The van der Waals surface area contributed by atoms with Crippen LogP contribution in [0.25, 0.3) is 0 Å². The van der Waals surface area contributed by atoms with Crippen molar-refractivity contribution in [1.82, 2.24) is 10.2 Å². The fourth-order valence-electron chi connectivity index (χ4n) is 2.83. The van der Waals surface area contributed by atoms with Crippen molar-refractivity contribution < 1.29 is 9.13 Å². The molecule has 0 saturated carbocycles. The predicted molar refractivity (Wildman–Crippen MR) is 84.2 cm³/mol. The van der Waals surface area contributed by atoms with Crippen molar-refractivity contribution in [3.05, 3.63) is 29.6 Å². The third kappa shape index (κ3) is 4.17. The van der Waals surface area contributed by atoms with E-state index < -0.39 is 0 Å². The van der Waals surface area contributed by atoms with Gasteiger partial charge in [0.1, 0.15) is 11.6 Å². The van der Waals surface area contributed by atoms with E-state index in [4.69, 9.17) is 4.74 Å². The number of likely N-dealkylation sites (tertiary alicyclic amines) is 1. The second kappa shape index (κ2) is 6.75. The first-order chi connectivity index (χ1) is 9.93. The number of piperidine rings is 1. The molecular weight excluding hydrogens is 267 g/mol. The molecule has 0 radical (unpaired) electrons. The number of rotatable bonds is 5. The molecule has 1 heterocycles. The third-order valence-corrected chi connectivity index (χ3v) is 4.70. The van der Waals surface area contributed by atoms with Crippen LogP contribution in [0.5, 0.6) is 5.75 Å². The van der Waals surface area contributed by atoms with E-state index in [1.165, 1.54) is 18.9 Å². The molecule has 1 aliphatic rings. The van der Waals surface area contributed by atoms with Crippen LogP contribution in [0.3, 0.4) is 0 Å². The molecule has 3 nitrogen and oxygen atoms in total. The van der Waals surface area contributed by atoms with Gasteiger partial charge < -0.3 is 15.0 Å². The molecule has 1 aliphatic heterocycles. The first-order valence-corrected chi connectivity index (χ1v) is 7.69. The average Bonchev–Trinajstić information content (AvgIpc) is 2.48. The average molecular weight is 294 g/mol. The number of halogens is 1. The van der Waals surface area contributed by atoms with Gasteiger partial charge in [-0.25, -0.2) is 4.39 Å². The maximum Gasteiger partial charge on any atom is 0.131 e. The van der Waals surface area contributed by atoms with Gasteiger partial charge in [-0.2, -0.15) is 0 Å². The summed E-state index contributed by atoms with van der Waals surface area (Å²) in [4.78, 5) is 2.37. The van der Waals surface area contributed by atoms with Gasteiger partial charge in [0.25, 0.3) is 0 Å². The summed E-state index contributed by atoms with van der Waals surface area (Å²) >= 11 is 0. The van der Waals surface area contributed by atoms with E-state index in [9.17, 15) is 4.39 Å². The Morgan fingerprint density at radius 1 is 1.38 bits per heavy atom. The van der Waals surface area contributed by atoms with Crippen LogP contribution < -0.4 is 10.1 Å². The number of nitrogens with zero attached hydrogens (tertiary/aromatic N) is 1. The molecule has 1 fully saturated rings. The molecule has 0 aliphatic carbocycles. The second-order valence-corrected chi connectivity index (χ2v) is 6.60. The van der Waals surface area contributed by atoms with Crippen LogP contribution in [-0.4, -0.2) is 38.7 Å². The first kappa shape index (κ1) is 16.2. The van der Waals surface area contributed by atoms with E-state index in [2.05, 4.69) is 24.2 Å². The van der Waals surface area contributed by atoms with Crippen LogP contribution in [0, 0.1) is 11.2 Å². The SMILES string of the molecule is COc1ccc(C(C)NCC2(C)CCN(C)CC2)c(F)c1. The van der Waals surface area contributed by atoms with E-state index in [1.54, 1.807) is 7.11 Å². The van der Waals surface area contributed by atoms with Crippen LogP contribution in [0.1, 0.15) is 38.3 Å². The summed E-state index contributed by atoms with van der Waals surface area (Å²) in [6.45, 7) is 7.55. The Bertz CT molecular complexity index is 470. The molecule has 118 valence electrons. The molecule has 1 aromatic carbocycles. The van der Waals surface area contributed by atoms with E-state index in [-0.39, 0.29) is 11.9 Å². The lowest BCUT2D eigenvalue weighted by Gasteiger charge is -2.38. The lowest BCUT2D eigenvalue weighted by molar-refractivity contribution is 0.134. The molecule has 0 bridgehead atoms. The van der Waals surface area contributed by atoms with Crippen molar-refractivity contribution in [3.8, 4) is 5.75 Å². The molecule has 1 unspecified atom stereocenters. The molecule has 4 heteroatoms. The molecule has 0 spiro atoms. The van der Waals surface area contributed by atoms with Crippen molar-refractivity contribution >= 4 is 0 Å². The first-order valence-electron chi connectivity index (χ1n) is 7.69.